The van der Waals surface area contributed by atoms with Crippen molar-refractivity contribution in [1.82, 2.24) is 0 Å². The van der Waals surface area contributed by atoms with E-state index in [9.17, 15) is 14.7 Å². The van der Waals surface area contributed by atoms with Crippen LogP contribution in [0.15, 0.2) is 22.7 Å². The monoisotopic (exact) mass is 310 g/mol. The van der Waals surface area contributed by atoms with Crippen LogP contribution in [0.3, 0.4) is 0 Å². The molecular formula is C13H11BrO4. The van der Waals surface area contributed by atoms with Gasteiger partial charge in [-0.1, -0.05) is 6.07 Å². The number of ketones is 2. The molecule has 5 heteroatoms. The third-order valence-electron chi connectivity index (χ3n) is 2.79. The zero-order valence-corrected chi connectivity index (χ0v) is 11.3. The Morgan fingerprint density at radius 2 is 2.00 bits per heavy atom. The van der Waals surface area contributed by atoms with E-state index in [-0.39, 0.29) is 32.9 Å². The Kier molecular flexibility index (Phi) is 3.63. The summed E-state index contributed by atoms with van der Waals surface area (Å²) < 4.78 is 5.18. The minimum Gasteiger partial charge on any atom is -0.507 e. The molecule has 0 atom stereocenters. The summed E-state index contributed by atoms with van der Waals surface area (Å²) in [4.78, 5) is 23.9. The van der Waals surface area contributed by atoms with Crippen LogP contribution in [-0.4, -0.2) is 30.4 Å². The van der Waals surface area contributed by atoms with E-state index in [2.05, 4.69) is 15.9 Å². The fraction of sp³-hybridized carbons (Fsp3) is 0.231. The molecular weight excluding hydrogens is 300 g/mol. The summed E-state index contributed by atoms with van der Waals surface area (Å²) in [5.74, 6) is -0.819. The fourth-order valence-electron chi connectivity index (χ4n) is 1.94. The van der Waals surface area contributed by atoms with Crippen LogP contribution in [0.5, 0.6) is 5.75 Å². The van der Waals surface area contributed by atoms with E-state index in [1.807, 2.05) is 0 Å². The average Bonchev–Trinajstić information content (AvgIpc) is 2.34. The van der Waals surface area contributed by atoms with Gasteiger partial charge in [-0.05, 0) is 34.0 Å². The highest BCUT2D eigenvalue weighted by atomic mass is 79.9. The maximum absolute atomic E-state index is 12.1. The molecule has 1 aromatic carbocycles. The van der Waals surface area contributed by atoms with E-state index >= 15 is 0 Å². The first-order valence-electron chi connectivity index (χ1n) is 5.36. The minimum absolute atomic E-state index is 0.0804. The van der Waals surface area contributed by atoms with Gasteiger partial charge in [0.25, 0.3) is 0 Å². The van der Waals surface area contributed by atoms with Gasteiger partial charge in [0.2, 0.25) is 5.78 Å². The van der Waals surface area contributed by atoms with E-state index in [1.165, 1.54) is 12.1 Å². The average molecular weight is 311 g/mol. The smallest absolute Gasteiger partial charge is 0.201 e. The summed E-state index contributed by atoms with van der Waals surface area (Å²) >= 11 is 3.07. The van der Waals surface area contributed by atoms with Crippen molar-refractivity contribution < 1.29 is 19.4 Å². The number of allylic oxidation sites excluding steroid dienone is 2. The highest BCUT2D eigenvalue weighted by Crippen LogP contribution is 2.33. The second-order valence-corrected chi connectivity index (χ2v) is 4.78. The highest BCUT2D eigenvalue weighted by Gasteiger charge is 2.29. The SMILES string of the molecule is COCCc1ccc(O)c2c1C(=O)C(Br)=CC2=O. The van der Waals surface area contributed by atoms with Crippen molar-refractivity contribution in [1.29, 1.82) is 0 Å². The molecule has 0 bridgehead atoms. The predicted molar refractivity (Wildman–Crippen MR) is 69.4 cm³/mol. The molecule has 0 saturated heterocycles. The van der Waals surface area contributed by atoms with Gasteiger partial charge in [0.05, 0.1) is 16.7 Å². The molecule has 0 fully saturated rings. The molecule has 0 spiro atoms. The maximum Gasteiger partial charge on any atom is 0.201 e. The second-order valence-electron chi connectivity index (χ2n) is 3.92. The number of methoxy groups -OCH3 is 1. The molecule has 1 N–H and O–H groups in total. The van der Waals surface area contributed by atoms with Gasteiger partial charge in [-0.3, -0.25) is 9.59 Å². The number of fused-ring (bicyclic) bond motifs is 1. The molecule has 0 aliphatic heterocycles. The first-order chi connectivity index (χ1) is 8.56. The lowest BCUT2D eigenvalue weighted by molar-refractivity contribution is 0.0988. The number of aromatic hydroxyl groups is 1. The number of benzene rings is 1. The third-order valence-corrected chi connectivity index (χ3v) is 3.38. The number of rotatable bonds is 3. The molecule has 1 aliphatic carbocycles. The van der Waals surface area contributed by atoms with Gasteiger partial charge in [0.15, 0.2) is 5.78 Å². The van der Waals surface area contributed by atoms with Crippen molar-refractivity contribution in [2.24, 2.45) is 0 Å². The van der Waals surface area contributed by atoms with E-state index in [0.29, 0.717) is 18.6 Å². The molecule has 0 saturated carbocycles. The number of phenolic OH excluding ortho intramolecular Hbond substituents is 1. The number of halogens is 1. The zero-order valence-electron chi connectivity index (χ0n) is 9.70. The number of phenols is 1. The Hall–Kier alpha value is -1.46. The molecule has 2 rings (SSSR count). The summed E-state index contributed by atoms with van der Waals surface area (Å²) in [6.07, 6.45) is 1.70. The molecule has 18 heavy (non-hydrogen) atoms. The van der Waals surface area contributed by atoms with Crippen LogP contribution in [0.2, 0.25) is 0 Å². The number of Topliss-reactive ketones (excluding diaryl/α,β-unsaturated/α-hetero) is 1. The largest absolute Gasteiger partial charge is 0.507 e. The Bertz CT molecular complexity index is 560. The molecule has 1 aliphatic rings. The first-order valence-corrected chi connectivity index (χ1v) is 6.15. The number of carbonyl (C=O) groups is 2. The van der Waals surface area contributed by atoms with Crippen LogP contribution in [0.25, 0.3) is 0 Å². The Balaban J connectivity index is 2.60. The summed E-state index contributed by atoms with van der Waals surface area (Å²) in [5.41, 5.74) is 1.05. The van der Waals surface area contributed by atoms with Crippen LogP contribution >= 0.6 is 15.9 Å². The van der Waals surface area contributed by atoms with Crippen LogP contribution in [0, 0.1) is 0 Å². The van der Waals surface area contributed by atoms with Crippen molar-refractivity contribution in [2.75, 3.05) is 13.7 Å². The molecule has 1 aromatic rings. The lowest BCUT2D eigenvalue weighted by Gasteiger charge is -2.17. The summed E-state index contributed by atoms with van der Waals surface area (Å²) in [5, 5.41) is 9.73. The van der Waals surface area contributed by atoms with Gasteiger partial charge in [-0.15, -0.1) is 0 Å². The molecule has 94 valence electrons. The summed E-state index contributed by atoms with van der Waals surface area (Å²) in [7, 11) is 1.57. The van der Waals surface area contributed by atoms with Crippen LogP contribution < -0.4 is 0 Å². The normalized spacial score (nSPS) is 14.4. The Labute approximate surface area is 112 Å². The van der Waals surface area contributed by atoms with Crippen molar-refractivity contribution in [2.45, 2.75) is 6.42 Å². The van der Waals surface area contributed by atoms with Crippen LogP contribution in [0.4, 0.5) is 0 Å². The standard InChI is InChI=1S/C13H11BrO4/c1-18-5-4-7-2-3-9(15)12-10(16)6-8(14)13(17)11(7)12/h2-3,6,15H,4-5H2,1H3. The number of ether oxygens (including phenoxy) is 1. The molecule has 4 nitrogen and oxygen atoms in total. The van der Waals surface area contributed by atoms with Crippen molar-refractivity contribution >= 4 is 27.5 Å². The molecule has 0 aromatic heterocycles. The highest BCUT2D eigenvalue weighted by molar-refractivity contribution is 9.12. The number of hydrogen-bond acceptors (Lipinski definition) is 4. The molecule has 0 amide bonds. The zero-order chi connectivity index (χ0) is 13.3. The fourth-order valence-corrected chi connectivity index (χ4v) is 2.34. The van der Waals surface area contributed by atoms with Gasteiger partial charge >= 0.3 is 0 Å². The summed E-state index contributed by atoms with van der Waals surface area (Å²) in [6, 6.07) is 3.08. The van der Waals surface area contributed by atoms with E-state index in [4.69, 9.17) is 4.74 Å². The number of hydrogen-bond donors (Lipinski definition) is 1. The van der Waals surface area contributed by atoms with Crippen LogP contribution in [-0.2, 0) is 11.2 Å². The van der Waals surface area contributed by atoms with Crippen molar-refractivity contribution in [3.8, 4) is 5.75 Å². The van der Waals surface area contributed by atoms with Gasteiger partial charge in [-0.2, -0.15) is 0 Å². The van der Waals surface area contributed by atoms with E-state index < -0.39 is 0 Å². The molecule has 0 unspecified atom stereocenters. The Morgan fingerprint density at radius 3 is 2.67 bits per heavy atom. The van der Waals surface area contributed by atoms with Gasteiger partial charge in [0, 0.05) is 18.7 Å². The van der Waals surface area contributed by atoms with Crippen molar-refractivity contribution in [3.05, 3.63) is 39.4 Å². The van der Waals surface area contributed by atoms with E-state index in [1.54, 1.807) is 13.2 Å². The molecule has 0 radical (unpaired) electrons. The van der Waals surface area contributed by atoms with Crippen LogP contribution in [0.1, 0.15) is 26.3 Å². The third kappa shape index (κ3) is 2.11. The molecule has 0 heterocycles. The summed E-state index contributed by atoms with van der Waals surface area (Å²) in [6.45, 7) is 0.444. The lowest BCUT2D eigenvalue weighted by Crippen LogP contribution is -2.17. The van der Waals surface area contributed by atoms with E-state index in [0.717, 1.165) is 0 Å². The van der Waals surface area contributed by atoms with Gasteiger partial charge in [-0.25, -0.2) is 0 Å². The quantitative estimate of drug-likeness (QED) is 0.930. The lowest BCUT2D eigenvalue weighted by atomic mass is 9.89. The topological polar surface area (TPSA) is 63.6 Å². The first kappa shape index (κ1) is 13.0. The predicted octanol–water partition coefficient (Wildman–Crippen LogP) is 2.24. The number of carbonyl (C=O) groups excluding carboxylic acids is 2. The van der Waals surface area contributed by atoms with Gasteiger partial charge < -0.3 is 9.84 Å². The maximum atomic E-state index is 12.1. The minimum atomic E-state index is -0.367. The van der Waals surface area contributed by atoms with Gasteiger partial charge in [0.1, 0.15) is 5.75 Å². The van der Waals surface area contributed by atoms with Crippen molar-refractivity contribution in [3.63, 3.8) is 0 Å². The Morgan fingerprint density at radius 1 is 1.28 bits per heavy atom. The second kappa shape index (κ2) is 5.04.